The predicted octanol–water partition coefficient (Wildman–Crippen LogP) is 14.7. The van der Waals surface area contributed by atoms with Gasteiger partial charge in [-0.05, 0) is 109 Å². The van der Waals surface area contributed by atoms with Crippen molar-refractivity contribution in [3.63, 3.8) is 0 Å². The molecule has 57 heavy (non-hydrogen) atoms. The molecule has 2 heterocycles. The zero-order valence-electron chi connectivity index (χ0n) is 30.9. The lowest BCUT2D eigenvalue weighted by Gasteiger charge is -2.13. The molecule has 0 saturated heterocycles. The van der Waals surface area contributed by atoms with Crippen LogP contribution in [0, 0.1) is 0 Å². The molecular weight excluding hydrogens is 693 g/mol. The fraction of sp³-hybridized carbons (Fsp3) is 0. The summed E-state index contributed by atoms with van der Waals surface area (Å²) in [5.74, 6) is 0.671. The van der Waals surface area contributed by atoms with Crippen LogP contribution < -0.4 is 0 Å². The Hall–Kier alpha value is -7.62. The maximum absolute atomic E-state index is 6.72. The largest absolute Gasteiger partial charge is 0.452 e. The Balaban J connectivity index is 1.07. The van der Waals surface area contributed by atoms with E-state index in [1.807, 2.05) is 0 Å². The van der Waals surface area contributed by atoms with Crippen molar-refractivity contribution in [2.24, 2.45) is 0 Å². The standard InChI is InChI=1S/C54H34N2O/c1-3-14-35(15-4-1)44-30-45(36-16-5-2-6-17-36)32-46(31-44)40-24-11-22-38(28-40)39-23-12-25-43(29-39)51-53-52(49-33-41-19-7-8-20-42(41)34-50(49)57-53)56-54(55-51)48-27-13-21-37-18-9-10-26-47(37)48/h1-34H. The van der Waals surface area contributed by atoms with Crippen LogP contribution in [0.3, 0.4) is 0 Å². The van der Waals surface area contributed by atoms with Gasteiger partial charge in [0.2, 0.25) is 0 Å². The second-order valence-corrected chi connectivity index (χ2v) is 14.6. The van der Waals surface area contributed by atoms with Gasteiger partial charge in [0.1, 0.15) is 16.8 Å². The average molecular weight is 727 g/mol. The first-order valence-electron chi connectivity index (χ1n) is 19.3. The summed E-state index contributed by atoms with van der Waals surface area (Å²) in [6.07, 6.45) is 0. The van der Waals surface area contributed by atoms with E-state index < -0.39 is 0 Å². The maximum Gasteiger partial charge on any atom is 0.180 e. The van der Waals surface area contributed by atoms with E-state index in [0.29, 0.717) is 11.4 Å². The summed E-state index contributed by atoms with van der Waals surface area (Å²) in [6, 6.07) is 73.0. The molecule has 0 radical (unpaired) electrons. The van der Waals surface area contributed by atoms with Crippen LogP contribution >= 0.6 is 0 Å². The van der Waals surface area contributed by atoms with E-state index in [1.54, 1.807) is 0 Å². The number of aromatic nitrogens is 2. The summed E-state index contributed by atoms with van der Waals surface area (Å²) < 4.78 is 6.72. The average Bonchev–Trinajstić information content (AvgIpc) is 3.65. The molecule has 3 nitrogen and oxygen atoms in total. The first kappa shape index (κ1) is 32.8. The van der Waals surface area contributed by atoms with Gasteiger partial charge >= 0.3 is 0 Å². The highest BCUT2D eigenvalue weighted by Crippen LogP contribution is 2.40. The van der Waals surface area contributed by atoms with Crippen LogP contribution in [0.15, 0.2) is 211 Å². The summed E-state index contributed by atoms with van der Waals surface area (Å²) in [6.45, 7) is 0. The Kier molecular flexibility index (Phi) is 7.82. The van der Waals surface area contributed by atoms with Gasteiger partial charge in [0.05, 0.1) is 0 Å². The first-order chi connectivity index (χ1) is 28.2. The minimum absolute atomic E-state index is 0.671. The summed E-state index contributed by atoms with van der Waals surface area (Å²) in [5.41, 5.74) is 14.3. The van der Waals surface area contributed by atoms with Gasteiger partial charge in [0.15, 0.2) is 11.4 Å². The molecule has 3 heteroatoms. The highest BCUT2D eigenvalue weighted by molar-refractivity contribution is 6.12. The number of benzene rings is 9. The lowest BCUT2D eigenvalue weighted by atomic mass is 9.92. The normalized spacial score (nSPS) is 11.5. The third-order valence-electron chi connectivity index (χ3n) is 11.0. The molecule has 0 atom stereocenters. The van der Waals surface area contributed by atoms with Crippen molar-refractivity contribution >= 4 is 43.6 Å². The number of hydrogen-bond donors (Lipinski definition) is 0. The molecule has 0 fully saturated rings. The van der Waals surface area contributed by atoms with Crippen molar-refractivity contribution in [1.82, 2.24) is 9.97 Å². The number of fused-ring (bicyclic) bond motifs is 5. The zero-order chi connectivity index (χ0) is 37.7. The van der Waals surface area contributed by atoms with Crippen LogP contribution in [0.2, 0.25) is 0 Å². The third-order valence-corrected chi connectivity index (χ3v) is 11.0. The minimum atomic E-state index is 0.671. The van der Waals surface area contributed by atoms with Crippen molar-refractivity contribution in [3.8, 4) is 67.2 Å². The van der Waals surface area contributed by atoms with Crippen molar-refractivity contribution < 1.29 is 4.42 Å². The van der Waals surface area contributed by atoms with Gasteiger partial charge in [-0.25, -0.2) is 9.97 Å². The van der Waals surface area contributed by atoms with Crippen LogP contribution in [0.4, 0.5) is 0 Å². The number of rotatable bonds is 6. The van der Waals surface area contributed by atoms with Gasteiger partial charge in [-0.1, -0.05) is 164 Å². The van der Waals surface area contributed by atoms with Gasteiger partial charge in [-0.3, -0.25) is 0 Å². The van der Waals surface area contributed by atoms with Crippen molar-refractivity contribution in [1.29, 1.82) is 0 Å². The Morgan fingerprint density at radius 3 is 1.47 bits per heavy atom. The molecule has 0 aliphatic rings. The monoisotopic (exact) mass is 726 g/mol. The van der Waals surface area contributed by atoms with Gasteiger partial charge in [-0.15, -0.1) is 0 Å². The fourth-order valence-electron chi connectivity index (χ4n) is 8.18. The zero-order valence-corrected chi connectivity index (χ0v) is 30.9. The van der Waals surface area contributed by atoms with E-state index in [-0.39, 0.29) is 0 Å². The SMILES string of the molecule is c1ccc(-c2cc(-c3ccccc3)cc(-c3cccc(-c4cccc(-c5nc(-c6cccc7ccccc67)nc6c5oc5cc7ccccc7cc56)c4)c3)c2)cc1. The van der Waals surface area contributed by atoms with Crippen LogP contribution in [0.25, 0.3) is 111 Å². The molecule has 11 aromatic rings. The van der Waals surface area contributed by atoms with E-state index in [9.17, 15) is 0 Å². The molecule has 0 N–H and O–H groups in total. The van der Waals surface area contributed by atoms with Gasteiger partial charge in [-0.2, -0.15) is 0 Å². The highest BCUT2D eigenvalue weighted by Gasteiger charge is 2.20. The molecule has 0 aliphatic carbocycles. The van der Waals surface area contributed by atoms with Crippen LogP contribution in [0.1, 0.15) is 0 Å². The summed E-state index contributed by atoms with van der Waals surface area (Å²) in [4.78, 5) is 10.6. The minimum Gasteiger partial charge on any atom is -0.452 e. The molecule has 2 aromatic heterocycles. The molecule has 0 amide bonds. The van der Waals surface area contributed by atoms with E-state index >= 15 is 0 Å². The molecule has 0 unspecified atom stereocenters. The Bertz CT molecular complexity index is 3230. The van der Waals surface area contributed by atoms with E-state index in [2.05, 4.69) is 206 Å². The maximum atomic E-state index is 6.72. The van der Waals surface area contributed by atoms with E-state index in [0.717, 1.165) is 71.5 Å². The Labute approximate surface area is 330 Å². The molecular formula is C54H34N2O. The van der Waals surface area contributed by atoms with Crippen molar-refractivity contribution in [2.45, 2.75) is 0 Å². The fourth-order valence-corrected chi connectivity index (χ4v) is 8.18. The van der Waals surface area contributed by atoms with E-state index in [4.69, 9.17) is 14.4 Å². The molecule has 9 aromatic carbocycles. The Morgan fingerprint density at radius 2 is 0.789 bits per heavy atom. The number of hydrogen-bond acceptors (Lipinski definition) is 3. The topological polar surface area (TPSA) is 38.9 Å². The molecule has 0 saturated carbocycles. The number of furan rings is 1. The Morgan fingerprint density at radius 1 is 0.316 bits per heavy atom. The lowest BCUT2D eigenvalue weighted by molar-refractivity contribution is 0.668. The molecule has 266 valence electrons. The summed E-state index contributed by atoms with van der Waals surface area (Å²) >= 11 is 0. The lowest BCUT2D eigenvalue weighted by Crippen LogP contribution is -1.95. The predicted molar refractivity (Wildman–Crippen MR) is 237 cm³/mol. The smallest absolute Gasteiger partial charge is 0.180 e. The van der Waals surface area contributed by atoms with Gasteiger partial charge in [0.25, 0.3) is 0 Å². The summed E-state index contributed by atoms with van der Waals surface area (Å²) in [5, 5.41) is 5.51. The molecule has 0 spiro atoms. The summed E-state index contributed by atoms with van der Waals surface area (Å²) in [7, 11) is 0. The van der Waals surface area contributed by atoms with E-state index in [1.165, 1.54) is 27.8 Å². The first-order valence-corrected chi connectivity index (χ1v) is 19.3. The molecule has 0 aliphatic heterocycles. The van der Waals surface area contributed by atoms with Crippen molar-refractivity contribution in [3.05, 3.63) is 206 Å². The van der Waals surface area contributed by atoms with Crippen LogP contribution in [0.5, 0.6) is 0 Å². The van der Waals surface area contributed by atoms with Crippen LogP contribution in [-0.2, 0) is 0 Å². The second-order valence-electron chi connectivity index (χ2n) is 14.6. The highest BCUT2D eigenvalue weighted by atomic mass is 16.3. The second kappa shape index (κ2) is 13.6. The molecule has 0 bridgehead atoms. The number of nitrogens with zero attached hydrogens (tertiary/aromatic N) is 2. The van der Waals surface area contributed by atoms with Gasteiger partial charge in [0, 0.05) is 16.5 Å². The van der Waals surface area contributed by atoms with Crippen molar-refractivity contribution in [2.75, 3.05) is 0 Å². The van der Waals surface area contributed by atoms with Gasteiger partial charge < -0.3 is 4.42 Å². The molecule has 11 rings (SSSR count). The quantitative estimate of drug-likeness (QED) is 0.171. The third kappa shape index (κ3) is 5.94. The van der Waals surface area contributed by atoms with Crippen LogP contribution in [-0.4, -0.2) is 9.97 Å².